The van der Waals surface area contributed by atoms with Crippen LogP contribution in [-0.2, 0) is 6.54 Å². The van der Waals surface area contributed by atoms with Crippen molar-refractivity contribution < 1.29 is 14.1 Å². The van der Waals surface area contributed by atoms with Crippen molar-refractivity contribution in [3.63, 3.8) is 0 Å². The van der Waals surface area contributed by atoms with Gasteiger partial charge in [-0.1, -0.05) is 23.7 Å². The molecule has 1 aliphatic rings. The Morgan fingerprint density at radius 2 is 1.71 bits per heavy atom. The van der Waals surface area contributed by atoms with Crippen molar-refractivity contribution in [1.29, 1.82) is 0 Å². The second-order valence-corrected chi connectivity index (χ2v) is 6.74. The smallest absolute Gasteiger partial charge is 0.251 e. The number of piperidine rings is 1. The third-order valence-corrected chi connectivity index (χ3v) is 4.75. The van der Waals surface area contributed by atoms with Gasteiger partial charge in [0.25, 0.3) is 5.91 Å². The van der Waals surface area contributed by atoms with Crippen LogP contribution in [0.25, 0.3) is 0 Å². The van der Waals surface area contributed by atoms with Crippen LogP contribution in [0, 0.1) is 5.82 Å². The standard InChI is InChI=1S/C19H20ClFN2O/c20-16-5-1-14(2-6-16)13-23-11-9-18(10-12-23)22-19(24)15-3-7-17(21)8-4-15/h1-8,18H,9-13H2,(H,22,24)/p+1. The number of benzene rings is 2. The highest BCUT2D eigenvalue weighted by atomic mass is 35.5. The van der Waals surface area contributed by atoms with Crippen molar-refractivity contribution in [2.75, 3.05) is 13.1 Å². The molecule has 24 heavy (non-hydrogen) atoms. The van der Waals surface area contributed by atoms with E-state index in [1.807, 2.05) is 12.1 Å². The average molecular weight is 348 g/mol. The van der Waals surface area contributed by atoms with Crippen molar-refractivity contribution in [1.82, 2.24) is 5.32 Å². The predicted octanol–water partition coefficient (Wildman–Crippen LogP) is 2.46. The molecule has 1 fully saturated rings. The lowest BCUT2D eigenvalue weighted by molar-refractivity contribution is -0.918. The fourth-order valence-electron chi connectivity index (χ4n) is 3.11. The number of quaternary nitrogens is 1. The van der Waals surface area contributed by atoms with Crippen molar-refractivity contribution in [2.45, 2.75) is 25.4 Å². The maximum absolute atomic E-state index is 12.9. The Kier molecular flexibility index (Phi) is 5.48. The summed E-state index contributed by atoms with van der Waals surface area (Å²) in [5.41, 5.74) is 1.79. The van der Waals surface area contributed by atoms with Crippen LogP contribution in [0.5, 0.6) is 0 Å². The Hall–Kier alpha value is -1.91. The minimum Gasteiger partial charge on any atom is -0.349 e. The minimum atomic E-state index is -0.328. The van der Waals surface area contributed by atoms with Crippen molar-refractivity contribution in [2.24, 2.45) is 0 Å². The van der Waals surface area contributed by atoms with Gasteiger partial charge in [0.1, 0.15) is 12.4 Å². The summed E-state index contributed by atoms with van der Waals surface area (Å²) in [5.74, 6) is -0.452. The molecular formula is C19H21ClFN2O+. The average Bonchev–Trinajstić information content (AvgIpc) is 2.59. The summed E-state index contributed by atoms with van der Waals surface area (Å²) < 4.78 is 12.9. The molecule has 0 bridgehead atoms. The molecule has 0 aromatic heterocycles. The molecule has 0 atom stereocenters. The first-order valence-electron chi connectivity index (χ1n) is 8.24. The number of rotatable bonds is 4. The van der Waals surface area contributed by atoms with E-state index in [2.05, 4.69) is 17.4 Å². The third-order valence-electron chi connectivity index (χ3n) is 4.50. The Morgan fingerprint density at radius 1 is 1.08 bits per heavy atom. The minimum absolute atomic E-state index is 0.124. The first-order valence-corrected chi connectivity index (χ1v) is 8.62. The molecule has 1 amide bonds. The number of amides is 1. The molecule has 0 saturated carbocycles. The van der Waals surface area contributed by atoms with Crippen LogP contribution < -0.4 is 10.2 Å². The Balaban J connectivity index is 1.47. The summed E-state index contributed by atoms with van der Waals surface area (Å²) >= 11 is 5.91. The molecule has 0 spiro atoms. The summed E-state index contributed by atoms with van der Waals surface area (Å²) in [6.45, 7) is 3.03. The van der Waals surface area contributed by atoms with Gasteiger partial charge < -0.3 is 10.2 Å². The van der Waals surface area contributed by atoms with Gasteiger partial charge in [0.05, 0.1) is 13.1 Å². The van der Waals surface area contributed by atoms with E-state index in [0.717, 1.165) is 37.5 Å². The summed E-state index contributed by atoms with van der Waals surface area (Å²) in [7, 11) is 0. The predicted molar refractivity (Wildman–Crippen MR) is 92.7 cm³/mol. The first-order chi connectivity index (χ1) is 11.6. The van der Waals surface area contributed by atoms with Gasteiger partial charge in [-0.3, -0.25) is 4.79 Å². The quantitative estimate of drug-likeness (QED) is 0.875. The van der Waals surface area contributed by atoms with E-state index in [4.69, 9.17) is 11.6 Å². The maximum atomic E-state index is 12.9. The van der Waals surface area contributed by atoms with Crippen LogP contribution in [-0.4, -0.2) is 25.0 Å². The molecule has 1 aliphatic heterocycles. The summed E-state index contributed by atoms with van der Waals surface area (Å²) in [6, 6.07) is 13.8. The zero-order valence-corrected chi connectivity index (χ0v) is 14.2. The van der Waals surface area contributed by atoms with E-state index < -0.39 is 0 Å². The van der Waals surface area contributed by atoms with E-state index >= 15 is 0 Å². The Morgan fingerprint density at radius 3 is 2.33 bits per heavy atom. The molecule has 2 aromatic rings. The molecule has 3 rings (SSSR count). The van der Waals surface area contributed by atoms with Gasteiger partial charge in [-0.15, -0.1) is 0 Å². The van der Waals surface area contributed by atoms with E-state index in [-0.39, 0.29) is 17.8 Å². The van der Waals surface area contributed by atoms with Gasteiger partial charge in [-0.05, 0) is 36.4 Å². The fourth-order valence-corrected chi connectivity index (χ4v) is 3.23. The van der Waals surface area contributed by atoms with E-state index in [0.29, 0.717) is 5.56 Å². The Bertz CT molecular complexity index is 680. The van der Waals surface area contributed by atoms with E-state index in [1.165, 1.54) is 34.7 Å². The largest absolute Gasteiger partial charge is 0.349 e. The topological polar surface area (TPSA) is 33.5 Å². The normalized spacial score (nSPS) is 20.6. The van der Waals surface area contributed by atoms with Gasteiger partial charge in [-0.2, -0.15) is 0 Å². The first kappa shape index (κ1) is 16.9. The monoisotopic (exact) mass is 347 g/mol. The molecule has 126 valence electrons. The number of hydrogen-bond donors (Lipinski definition) is 2. The van der Waals surface area contributed by atoms with Crippen LogP contribution >= 0.6 is 11.6 Å². The molecule has 0 radical (unpaired) electrons. The lowest BCUT2D eigenvalue weighted by atomic mass is 10.0. The highest BCUT2D eigenvalue weighted by molar-refractivity contribution is 6.30. The van der Waals surface area contributed by atoms with Gasteiger partial charge >= 0.3 is 0 Å². The number of hydrogen-bond acceptors (Lipinski definition) is 1. The molecule has 0 unspecified atom stereocenters. The van der Waals surface area contributed by atoms with Crippen LogP contribution in [0.15, 0.2) is 48.5 Å². The zero-order chi connectivity index (χ0) is 16.9. The zero-order valence-electron chi connectivity index (χ0n) is 13.4. The number of nitrogens with one attached hydrogen (secondary N) is 2. The van der Waals surface area contributed by atoms with Crippen LogP contribution in [0.3, 0.4) is 0 Å². The fraction of sp³-hybridized carbons (Fsp3) is 0.316. The number of carbonyl (C=O) groups is 1. The second-order valence-electron chi connectivity index (χ2n) is 6.31. The summed E-state index contributed by atoms with van der Waals surface area (Å²) in [4.78, 5) is 13.7. The van der Waals surface area contributed by atoms with Gasteiger partial charge in [0.2, 0.25) is 0 Å². The lowest BCUT2D eigenvalue weighted by Crippen LogP contribution is -3.12. The maximum Gasteiger partial charge on any atom is 0.251 e. The van der Waals surface area contributed by atoms with Crippen LogP contribution in [0.4, 0.5) is 4.39 Å². The molecule has 5 heteroatoms. The molecule has 2 aromatic carbocycles. The third kappa shape index (κ3) is 4.56. The van der Waals surface area contributed by atoms with Gasteiger partial charge in [-0.25, -0.2) is 4.39 Å². The molecule has 1 saturated heterocycles. The highest BCUT2D eigenvalue weighted by Gasteiger charge is 2.23. The van der Waals surface area contributed by atoms with E-state index in [9.17, 15) is 9.18 Å². The number of carbonyl (C=O) groups excluding carboxylic acids is 1. The van der Waals surface area contributed by atoms with Crippen LogP contribution in [0.1, 0.15) is 28.8 Å². The number of halogens is 2. The SMILES string of the molecule is O=C(NC1CC[NH+](Cc2ccc(Cl)cc2)CC1)c1ccc(F)cc1. The molecular weight excluding hydrogens is 327 g/mol. The number of likely N-dealkylation sites (tertiary alicyclic amines) is 1. The molecule has 1 heterocycles. The van der Waals surface area contributed by atoms with Crippen molar-refractivity contribution in [3.05, 3.63) is 70.5 Å². The lowest BCUT2D eigenvalue weighted by Gasteiger charge is -2.29. The van der Waals surface area contributed by atoms with Gasteiger partial charge in [0.15, 0.2) is 0 Å². The highest BCUT2D eigenvalue weighted by Crippen LogP contribution is 2.09. The summed E-state index contributed by atoms with van der Waals surface area (Å²) in [6.07, 6.45) is 1.91. The van der Waals surface area contributed by atoms with Crippen molar-refractivity contribution in [3.8, 4) is 0 Å². The van der Waals surface area contributed by atoms with Crippen LogP contribution in [0.2, 0.25) is 5.02 Å². The van der Waals surface area contributed by atoms with Gasteiger partial charge in [0, 0.05) is 35.0 Å². The second kappa shape index (κ2) is 7.77. The molecule has 2 N–H and O–H groups in total. The summed E-state index contributed by atoms with van der Waals surface area (Å²) in [5, 5.41) is 3.81. The van der Waals surface area contributed by atoms with E-state index in [1.54, 1.807) is 0 Å². The van der Waals surface area contributed by atoms with Crippen molar-refractivity contribution >= 4 is 17.5 Å². The Labute approximate surface area is 146 Å². The molecule has 0 aliphatic carbocycles. The molecule has 3 nitrogen and oxygen atoms in total.